The molecule has 2 aromatic heterocycles. The maximum atomic E-state index is 13.0. The second-order valence-electron chi connectivity index (χ2n) is 5.95. The van der Waals surface area contributed by atoms with Crippen LogP contribution >= 0.6 is 11.3 Å². The topological polar surface area (TPSA) is 62.2 Å². The van der Waals surface area contributed by atoms with Crippen molar-refractivity contribution >= 4 is 27.9 Å². The van der Waals surface area contributed by atoms with Crippen LogP contribution in [0.25, 0.3) is 4.96 Å². The summed E-state index contributed by atoms with van der Waals surface area (Å²) >= 11 is 1.60. The van der Waals surface area contributed by atoms with Gasteiger partial charge in [-0.3, -0.25) is 4.40 Å². The average molecular weight is 358 g/mol. The molecule has 0 unspecified atom stereocenters. The van der Waals surface area contributed by atoms with Crippen molar-refractivity contribution in [1.29, 1.82) is 0 Å². The second-order valence-corrected chi connectivity index (χ2v) is 6.82. The summed E-state index contributed by atoms with van der Waals surface area (Å²) in [5.74, 6) is 0.341. The van der Waals surface area contributed by atoms with Crippen LogP contribution in [0, 0.1) is 5.82 Å². The fraction of sp³-hybridized carbons (Fsp3) is 0.294. The lowest BCUT2D eigenvalue weighted by molar-refractivity contribution is 0.380. The Bertz CT molecular complexity index is 848. The normalized spacial score (nSPS) is 16.0. The van der Waals surface area contributed by atoms with Crippen molar-refractivity contribution in [2.45, 2.75) is 6.54 Å². The molecule has 3 aromatic rings. The Hall–Kier alpha value is -2.61. The molecule has 0 aliphatic carbocycles. The Kier molecular flexibility index (Phi) is 4.27. The van der Waals surface area contributed by atoms with E-state index in [1.807, 2.05) is 34.3 Å². The Morgan fingerprint density at radius 1 is 1.20 bits per heavy atom. The van der Waals surface area contributed by atoms with Crippen LogP contribution in [0.5, 0.6) is 0 Å². The van der Waals surface area contributed by atoms with Gasteiger partial charge in [-0.1, -0.05) is 0 Å². The number of aliphatic imine (C=N–C) groups is 1. The van der Waals surface area contributed by atoms with Crippen molar-refractivity contribution < 1.29 is 4.39 Å². The molecule has 0 saturated carbocycles. The predicted octanol–water partition coefficient (Wildman–Crippen LogP) is 2.17. The van der Waals surface area contributed by atoms with Crippen LogP contribution in [0.1, 0.15) is 5.69 Å². The molecule has 130 valence electrons. The smallest absolute Gasteiger partial charge is 0.193 e. The van der Waals surface area contributed by atoms with Gasteiger partial charge in [0.2, 0.25) is 0 Å². The third-order valence-corrected chi connectivity index (χ3v) is 5.11. The van der Waals surface area contributed by atoms with Gasteiger partial charge < -0.3 is 15.5 Å². The number of piperazine rings is 1. The molecule has 1 aliphatic heterocycles. The molecular formula is C17H19FN6S. The highest BCUT2D eigenvalue weighted by Crippen LogP contribution is 2.17. The molecule has 1 aromatic carbocycles. The number of hydrogen-bond acceptors (Lipinski definition) is 4. The first-order valence-corrected chi connectivity index (χ1v) is 9.03. The second kappa shape index (κ2) is 6.72. The molecule has 25 heavy (non-hydrogen) atoms. The summed E-state index contributed by atoms with van der Waals surface area (Å²) in [6, 6.07) is 6.61. The van der Waals surface area contributed by atoms with E-state index in [2.05, 4.69) is 19.8 Å². The molecular weight excluding hydrogens is 339 g/mol. The Labute approximate surface area is 149 Å². The minimum absolute atomic E-state index is 0.210. The van der Waals surface area contributed by atoms with Crippen LogP contribution in [0.3, 0.4) is 0 Å². The largest absolute Gasteiger partial charge is 0.370 e. The first-order valence-electron chi connectivity index (χ1n) is 8.15. The molecule has 0 radical (unpaired) electrons. The fourth-order valence-electron chi connectivity index (χ4n) is 2.96. The van der Waals surface area contributed by atoms with Crippen molar-refractivity contribution in [3.05, 3.63) is 53.6 Å². The Balaban J connectivity index is 1.34. The molecule has 0 atom stereocenters. The molecule has 0 spiro atoms. The van der Waals surface area contributed by atoms with E-state index >= 15 is 0 Å². The zero-order valence-corrected chi connectivity index (χ0v) is 14.5. The fourth-order valence-corrected chi connectivity index (χ4v) is 3.68. The molecule has 8 heteroatoms. The lowest BCUT2D eigenvalue weighted by Crippen LogP contribution is -2.51. The lowest BCUT2D eigenvalue weighted by atomic mass is 10.2. The zero-order valence-electron chi connectivity index (χ0n) is 13.7. The number of imidazole rings is 1. The minimum atomic E-state index is -0.210. The maximum absolute atomic E-state index is 13.0. The number of fused-ring (bicyclic) bond motifs is 1. The third kappa shape index (κ3) is 3.43. The van der Waals surface area contributed by atoms with E-state index in [-0.39, 0.29) is 5.82 Å². The quantitative estimate of drug-likeness (QED) is 0.576. The highest BCUT2D eigenvalue weighted by molar-refractivity contribution is 7.15. The molecule has 1 fully saturated rings. The molecule has 4 rings (SSSR count). The Morgan fingerprint density at radius 3 is 2.68 bits per heavy atom. The van der Waals surface area contributed by atoms with Crippen molar-refractivity contribution in [2.24, 2.45) is 10.7 Å². The zero-order chi connectivity index (χ0) is 17.2. The predicted molar refractivity (Wildman–Crippen MR) is 98.6 cm³/mol. The number of thiazole rings is 1. The number of guanidine groups is 1. The molecule has 0 bridgehead atoms. The number of benzene rings is 1. The molecule has 6 nitrogen and oxygen atoms in total. The minimum Gasteiger partial charge on any atom is -0.370 e. The van der Waals surface area contributed by atoms with Gasteiger partial charge in [0, 0.05) is 49.6 Å². The van der Waals surface area contributed by atoms with Gasteiger partial charge in [0.05, 0.1) is 12.2 Å². The van der Waals surface area contributed by atoms with Crippen molar-refractivity contribution in [3.63, 3.8) is 0 Å². The summed E-state index contributed by atoms with van der Waals surface area (Å²) in [5.41, 5.74) is 8.10. The number of rotatable bonds is 3. The van der Waals surface area contributed by atoms with E-state index in [0.29, 0.717) is 12.5 Å². The average Bonchev–Trinajstić information content (AvgIpc) is 3.22. The van der Waals surface area contributed by atoms with E-state index in [9.17, 15) is 4.39 Å². The number of hydrogen-bond donors (Lipinski definition) is 1. The number of nitrogens with two attached hydrogens (primary N) is 1. The van der Waals surface area contributed by atoms with E-state index < -0.39 is 0 Å². The van der Waals surface area contributed by atoms with Crippen LogP contribution in [0.4, 0.5) is 10.1 Å². The number of anilines is 1. The SMILES string of the molecule is NC(=NCc1cn2ccsc2n1)N1CCN(c2ccc(F)cc2)CC1. The lowest BCUT2D eigenvalue weighted by Gasteiger charge is -2.36. The van der Waals surface area contributed by atoms with Crippen LogP contribution < -0.4 is 10.6 Å². The van der Waals surface area contributed by atoms with Gasteiger partial charge in [0.25, 0.3) is 0 Å². The van der Waals surface area contributed by atoms with Crippen molar-refractivity contribution in [2.75, 3.05) is 31.1 Å². The third-order valence-electron chi connectivity index (χ3n) is 4.34. The molecule has 2 N–H and O–H groups in total. The van der Waals surface area contributed by atoms with Crippen molar-refractivity contribution in [3.8, 4) is 0 Å². The Morgan fingerprint density at radius 2 is 1.96 bits per heavy atom. The molecule has 1 aliphatic rings. The standard InChI is InChI=1S/C17H19FN6S/c18-13-1-3-15(4-2-13)22-5-7-23(8-6-22)16(19)20-11-14-12-24-9-10-25-17(24)21-14/h1-4,9-10,12H,5-8,11H2,(H2,19,20). The number of nitrogens with zero attached hydrogens (tertiary/aromatic N) is 5. The summed E-state index contributed by atoms with van der Waals surface area (Å²) < 4.78 is 15.0. The van der Waals surface area contributed by atoms with Crippen LogP contribution in [-0.2, 0) is 6.54 Å². The van der Waals surface area contributed by atoms with Gasteiger partial charge in [-0.25, -0.2) is 14.4 Å². The van der Waals surface area contributed by atoms with Gasteiger partial charge in [-0.2, -0.15) is 0 Å². The molecule has 0 amide bonds. The summed E-state index contributed by atoms with van der Waals surface area (Å²) in [5, 5.41) is 2.00. The maximum Gasteiger partial charge on any atom is 0.193 e. The first kappa shape index (κ1) is 15.9. The van der Waals surface area contributed by atoms with E-state index in [1.165, 1.54) is 12.1 Å². The highest BCUT2D eigenvalue weighted by Gasteiger charge is 2.18. The number of aromatic nitrogens is 2. The van der Waals surface area contributed by atoms with E-state index in [4.69, 9.17) is 5.73 Å². The van der Waals surface area contributed by atoms with Gasteiger partial charge in [-0.15, -0.1) is 11.3 Å². The van der Waals surface area contributed by atoms with Crippen LogP contribution in [-0.4, -0.2) is 46.4 Å². The van der Waals surface area contributed by atoms with Crippen molar-refractivity contribution in [1.82, 2.24) is 14.3 Å². The summed E-state index contributed by atoms with van der Waals surface area (Å²) in [7, 11) is 0. The molecule has 1 saturated heterocycles. The first-order chi connectivity index (χ1) is 12.2. The van der Waals surface area contributed by atoms with Gasteiger partial charge in [0.1, 0.15) is 5.82 Å². The van der Waals surface area contributed by atoms with Crippen LogP contribution in [0.15, 0.2) is 47.0 Å². The number of halogens is 1. The summed E-state index contributed by atoms with van der Waals surface area (Å²) in [4.78, 5) is 14.3. The van der Waals surface area contributed by atoms with Crippen LogP contribution in [0.2, 0.25) is 0 Å². The molecule has 3 heterocycles. The van der Waals surface area contributed by atoms with E-state index in [1.54, 1.807) is 11.3 Å². The van der Waals surface area contributed by atoms with E-state index in [0.717, 1.165) is 42.5 Å². The summed E-state index contributed by atoms with van der Waals surface area (Å²) in [6.07, 6.45) is 3.97. The monoisotopic (exact) mass is 358 g/mol. The highest BCUT2D eigenvalue weighted by atomic mass is 32.1. The summed E-state index contributed by atoms with van der Waals surface area (Å²) in [6.45, 7) is 3.75. The van der Waals surface area contributed by atoms with Gasteiger partial charge >= 0.3 is 0 Å². The van der Waals surface area contributed by atoms with Gasteiger partial charge in [0.15, 0.2) is 10.9 Å². The van der Waals surface area contributed by atoms with Gasteiger partial charge in [-0.05, 0) is 24.3 Å².